The third-order valence-corrected chi connectivity index (χ3v) is 6.61. The van der Waals surface area contributed by atoms with Gasteiger partial charge in [-0.2, -0.15) is 0 Å². The largest absolute Gasteiger partial charge is 0.497 e. The zero-order valence-electron chi connectivity index (χ0n) is 17.8. The van der Waals surface area contributed by atoms with Crippen LogP contribution in [0.15, 0.2) is 74.1 Å². The van der Waals surface area contributed by atoms with Crippen molar-refractivity contribution < 1.29 is 14.3 Å². The number of hydrogen-bond acceptors (Lipinski definition) is 6. The Morgan fingerprint density at radius 1 is 1.25 bits per heavy atom. The molecule has 1 unspecified atom stereocenters. The van der Waals surface area contributed by atoms with E-state index >= 15 is 0 Å². The summed E-state index contributed by atoms with van der Waals surface area (Å²) in [6.07, 6.45) is 1.81. The van der Waals surface area contributed by atoms with Gasteiger partial charge in [0.15, 0.2) is 4.80 Å². The van der Waals surface area contributed by atoms with Crippen LogP contribution >= 0.6 is 27.3 Å². The van der Waals surface area contributed by atoms with E-state index in [2.05, 4.69) is 20.9 Å². The van der Waals surface area contributed by atoms with Crippen LogP contribution in [0.25, 0.3) is 6.08 Å². The maximum atomic E-state index is 13.5. The Bertz CT molecular complexity index is 1390. The van der Waals surface area contributed by atoms with Gasteiger partial charge in [-0.05, 0) is 55.3 Å². The highest BCUT2D eigenvalue weighted by Crippen LogP contribution is 2.31. The van der Waals surface area contributed by atoms with Crippen LogP contribution in [0, 0.1) is 0 Å². The van der Waals surface area contributed by atoms with Gasteiger partial charge in [-0.3, -0.25) is 9.36 Å². The molecule has 8 heteroatoms. The Kier molecular flexibility index (Phi) is 6.43. The maximum Gasteiger partial charge on any atom is 0.338 e. The van der Waals surface area contributed by atoms with E-state index in [0.29, 0.717) is 26.4 Å². The Morgan fingerprint density at radius 3 is 2.69 bits per heavy atom. The highest BCUT2D eigenvalue weighted by Gasteiger charge is 2.33. The van der Waals surface area contributed by atoms with E-state index in [1.807, 2.05) is 54.6 Å². The van der Waals surface area contributed by atoms with Crippen molar-refractivity contribution in [1.29, 1.82) is 0 Å². The molecule has 0 fully saturated rings. The molecule has 32 heavy (non-hydrogen) atoms. The summed E-state index contributed by atoms with van der Waals surface area (Å²) in [5.74, 6) is 0.239. The molecule has 6 nitrogen and oxygen atoms in total. The number of esters is 1. The van der Waals surface area contributed by atoms with Gasteiger partial charge in [0.05, 0.1) is 35.6 Å². The first-order chi connectivity index (χ1) is 15.4. The molecule has 0 saturated carbocycles. The van der Waals surface area contributed by atoms with Crippen LogP contribution in [-0.2, 0) is 9.53 Å². The van der Waals surface area contributed by atoms with E-state index in [1.54, 1.807) is 25.5 Å². The molecule has 0 saturated heterocycles. The molecule has 4 rings (SSSR count). The van der Waals surface area contributed by atoms with E-state index in [0.717, 1.165) is 15.6 Å². The second-order valence-corrected chi connectivity index (χ2v) is 9.06. The van der Waals surface area contributed by atoms with Gasteiger partial charge in [-0.1, -0.05) is 51.5 Å². The predicted octanol–water partition coefficient (Wildman–Crippen LogP) is 3.57. The van der Waals surface area contributed by atoms with Crippen LogP contribution in [0.2, 0.25) is 0 Å². The molecule has 3 aromatic rings. The fourth-order valence-electron chi connectivity index (χ4n) is 3.63. The van der Waals surface area contributed by atoms with Crippen molar-refractivity contribution in [2.75, 3.05) is 13.7 Å². The summed E-state index contributed by atoms with van der Waals surface area (Å²) < 4.78 is 13.6. The molecular weight excluding hydrogens is 492 g/mol. The number of benzene rings is 2. The van der Waals surface area contributed by atoms with Gasteiger partial charge in [0.25, 0.3) is 5.56 Å². The Morgan fingerprint density at radius 2 is 2.00 bits per heavy atom. The Hall–Kier alpha value is -2.97. The normalized spacial score (nSPS) is 15.9. The van der Waals surface area contributed by atoms with Gasteiger partial charge in [-0.15, -0.1) is 0 Å². The fraction of sp³-hybridized carbons (Fsp3) is 0.208. The quantitative estimate of drug-likeness (QED) is 0.490. The van der Waals surface area contributed by atoms with Crippen molar-refractivity contribution in [3.63, 3.8) is 0 Å². The monoisotopic (exact) mass is 512 g/mol. The van der Waals surface area contributed by atoms with Crippen molar-refractivity contribution in [2.45, 2.75) is 19.9 Å². The maximum absolute atomic E-state index is 13.5. The van der Waals surface area contributed by atoms with Gasteiger partial charge >= 0.3 is 5.97 Å². The molecule has 0 bridgehead atoms. The number of thiazole rings is 1. The summed E-state index contributed by atoms with van der Waals surface area (Å²) in [4.78, 5) is 31.5. The lowest BCUT2D eigenvalue weighted by Crippen LogP contribution is -2.39. The number of allylic oxidation sites excluding steroid dienone is 1. The molecule has 0 aliphatic carbocycles. The van der Waals surface area contributed by atoms with Crippen LogP contribution in [0.4, 0.5) is 0 Å². The lowest BCUT2D eigenvalue weighted by atomic mass is 9.96. The first-order valence-corrected chi connectivity index (χ1v) is 11.6. The zero-order valence-corrected chi connectivity index (χ0v) is 20.2. The lowest BCUT2D eigenvalue weighted by Gasteiger charge is -2.24. The summed E-state index contributed by atoms with van der Waals surface area (Å²) in [7, 11) is 1.60. The zero-order chi connectivity index (χ0) is 22.8. The minimum Gasteiger partial charge on any atom is -0.497 e. The fourth-order valence-corrected chi connectivity index (χ4v) is 4.95. The van der Waals surface area contributed by atoms with Gasteiger partial charge in [0.2, 0.25) is 0 Å². The number of carbonyl (C=O) groups is 1. The Balaban J connectivity index is 1.94. The first-order valence-electron chi connectivity index (χ1n) is 10.0. The summed E-state index contributed by atoms with van der Waals surface area (Å²) >= 11 is 4.74. The second kappa shape index (κ2) is 9.26. The Labute approximate surface area is 197 Å². The number of hydrogen-bond donors (Lipinski definition) is 0. The number of methoxy groups -OCH3 is 1. The number of ether oxygens (including phenoxy) is 2. The number of fused-ring (bicyclic) bond motifs is 1. The molecule has 1 atom stereocenters. The SMILES string of the molecule is CCOC(=O)C1=C(C)N=c2sc(=Cc3cccc(OC)c3)c(=O)n2C1c1ccc(Br)cc1. The van der Waals surface area contributed by atoms with Crippen molar-refractivity contribution in [2.24, 2.45) is 4.99 Å². The molecular formula is C24H21BrN2O4S. The third kappa shape index (κ3) is 4.20. The third-order valence-electron chi connectivity index (χ3n) is 5.09. The van der Waals surface area contributed by atoms with Crippen LogP contribution < -0.4 is 19.6 Å². The average Bonchev–Trinajstić information content (AvgIpc) is 3.08. The predicted molar refractivity (Wildman–Crippen MR) is 128 cm³/mol. The van der Waals surface area contributed by atoms with Gasteiger partial charge in [-0.25, -0.2) is 9.79 Å². The molecule has 0 amide bonds. The van der Waals surface area contributed by atoms with E-state index < -0.39 is 12.0 Å². The van der Waals surface area contributed by atoms with Crippen LogP contribution in [0.1, 0.15) is 31.0 Å². The topological polar surface area (TPSA) is 69.9 Å². The number of aromatic nitrogens is 1. The van der Waals surface area contributed by atoms with Gasteiger partial charge < -0.3 is 9.47 Å². The summed E-state index contributed by atoms with van der Waals surface area (Å²) in [5, 5.41) is 0. The van der Waals surface area contributed by atoms with Crippen molar-refractivity contribution >= 4 is 39.3 Å². The molecule has 0 radical (unpaired) electrons. The molecule has 2 heterocycles. The number of carbonyl (C=O) groups excluding carboxylic acids is 1. The molecule has 2 aromatic carbocycles. The molecule has 1 aliphatic rings. The lowest BCUT2D eigenvalue weighted by molar-refractivity contribution is -0.139. The van der Waals surface area contributed by atoms with Crippen LogP contribution in [0.5, 0.6) is 5.75 Å². The summed E-state index contributed by atoms with van der Waals surface area (Å²) in [6.45, 7) is 3.77. The number of rotatable bonds is 5. The van der Waals surface area contributed by atoms with E-state index in [4.69, 9.17) is 9.47 Å². The van der Waals surface area contributed by atoms with E-state index in [-0.39, 0.29) is 12.2 Å². The van der Waals surface area contributed by atoms with Crippen molar-refractivity contribution in [1.82, 2.24) is 4.57 Å². The van der Waals surface area contributed by atoms with Gasteiger partial charge in [0, 0.05) is 4.47 Å². The highest BCUT2D eigenvalue weighted by molar-refractivity contribution is 9.10. The standard InChI is InChI=1S/C24H21BrN2O4S/c1-4-31-23(29)20-14(2)26-24-27(21(20)16-8-10-17(25)11-9-16)22(28)19(32-24)13-15-6-5-7-18(12-15)30-3/h5-13,21H,4H2,1-3H3. The van der Waals surface area contributed by atoms with E-state index in [1.165, 1.54) is 11.3 Å². The molecule has 0 N–H and O–H groups in total. The summed E-state index contributed by atoms with van der Waals surface area (Å²) in [5.41, 5.74) is 2.36. The van der Waals surface area contributed by atoms with Crippen molar-refractivity contribution in [3.8, 4) is 5.75 Å². The van der Waals surface area contributed by atoms with Crippen molar-refractivity contribution in [3.05, 3.63) is 95.1 Å². The first kappa shape index (κ1) is 22.2. The summed E-state index contributed by atoms with van der Waals surface area (Å²) in [6, 6.07) is 14.4. The molecule has 0 spiro atoms. The minimum atomic E-state index is -0.620. The minimum absolute atomic E-state index is 0.209. The van der Waals surface area contributed by atoms with E-state index in [9.17, 15) is 9.59 Å². The number of halogens is 1. The number of nitrogens with zero attached hydrogens (tertiary/aromatic N) is 2. The van der Waals surface area contributed by atoms with Crippen LogP contribution in [0.3, 0.4) is 0 Å². The molecule has 164 valence electrons. The van der Waals surface area contributed by atoms with Crippen LogP contribution in [-0.4, -0.2) is 24.3 Å². The molecule has 1 aliphatic heterocycles. The van der Waals surface area contributed by atoms with Gasteiger partial charge in [0.1, 0.15) is 5.75 Å². The highest BCUT2D eigenvalue weighted by atomic mass is 79.9. The second-order valence-electron chi connectivity index (χ2n) is 7.13. The molecule has 1 aromatic heterocycles. The smallest absolute Gasteiger partial charge is 0.338 e. The average molecular weight is 513 g/mol.